The molecule has 17 heavy (non-hydrogen) atoms. The zero-order chi connectivity index (χ0) is 12.5. The van der Waals surface area contributed by atoms with E-state index >= 15 is 0 Å². The highest BCUT2D eigenvalue weighted by Gasteiger charge is 2.12. The first-order chi connectivity index (χ1) is 8.29. The normalized spacial score (nSPS) is 11.7. The van der Waals surface area contributed by atoms with E-state index in [-0.39, 0.29) is 0 Å². The predicted molar refractivity (Wildman–Crippen MR) is 77.9 cm³/mol. The third-order valence-electron chi connectivity index (χ3n) is 2.66. The van der Waals surface area contributed by atoms with E-state index in [2.05, 4.69) is 64.3 Å². The second kappa shape index (κ2) is 8.33. The maximum Gasteiger partial charge on any atom is 0.0340 e. The molecular weight excluding hydrogens is 274 g/mol. The molecule has 0 spiro atoms. The number of hydrogen-bond acceptors (Lipinski definition) is 1. The van der Waals surface area contributed by atoms with Crippen LogP contribution in [0.15, 0.2) is 28.7 Å². The number of nitrogens with one attached hydrogen (secondary N) is 1. The van der Waals surface area contributed by atoms with E-state index in [1.807, 2.05) is 6.92 Å². The van der Waals surface area contributed by atoms with Gasteiger partial charge in [0, 0.05) is 16.9 Å². The molecule has 0 aromatic heterocycles. The average Bonchev–Trinajstić information content (AvgIpc) is 2.35. The van der Waals surface area contributed by atoms with Crippen LogP contribution in [0.2, 0.25) is 0 Å². The highest BCUT2D eigenvalue weighted by atomic mass is 79.9. The van der Waals surface area contributed by atoms with Crippen LogP contribution in [0.5, 0.6) is 0 Å². The van der Waals surface area contributed by atoms with Crippen LogP contribution in [0.25, 0.3) is 0 Å². The molecule has 2 heteroatoms. The number of benzene rings is 1. The quantitative estimate of drug-likeness (QED) is 0.772. The average molecular weight is 294 g/mol. The lowest BCUT2D eigenvalue weighted by molar-refractivity contribution is 0.504. The van der Waals surface area contributed by atoms with Crippen LogP contribution >= 0.6 is 15.9 Å². The topological polar surface area (TPSA) is 12.0 Å². The minimum Gasteiger partial charge on any atom is -0.310 e. The summed E-state index contributed by atoms with van der Waals surface area (Å²) in [5.74, 6) is 6.09. The molecule has 0 saturated heterocycles. The Balaban J connectivity index is 2.73. The van der Waals surface area contributed by atoms with Gasteiger partial charge in [-0.2, -0.15) is 0 Å². The van der Waals surface area contributed by atoms with E-state index in [1.54, 1.807) is 0 Å². The van der Waals surface area contributed by atoms with Crippen molar-refractivity contribution < 1.29 is 0 Å². The van der Waals surface area contributed by atoms with Crippen molar-refractivity contribution in [2.75, 3.05) is 6.54 Å². The lowest BCUT2D eigenvalue weighted by Gasteiger charge is -2.19. The van der Waals surface area contributed by atoms with Gasteiger partial charge in [-0.15, -0.1) is 11.8 Å². The van der Waals surface area contributed by atoms with Crippen molar-refractivity contribution in [3.05, 3.63) is 34.3 Å². The van der Waals surface area contributed by atoms with Gasteiger partial charge < -0.3 is 5.32 Å². The van der Waals surface area contributed by atoms with E-state index in [1.165, 1.54) is 10.0 Å². The van der Waals surface area contributed by atoms with Crippen LogP contribution in [-0.2, 0) is 0 Å². The summed E-state index contributed by atoms with van der Waals surface area (Å²) in [5.41, 5.74) is 1.33. The first-order valence-corrected chi connectivity index (χ1v) is 6.96. The van der Waals surface area contributed by atoms with Gasteiger partial charge in [-0.1, -0.05) is 41.1 Å². The zero-order valence-electron chi connectivity index (χ0n) is 10.6. The van der Waals surface area contributed by atoms with Gasteiger partial charge in [0.1, 0.15) is 0 Å². The highest BCUT2D eigenvalue weighted by Crippen LogP contribution is 2.26. The lowest BCUT2D eigenvalue weighted by atomic mass is 10.0. The Bertz CT molecular complexity index is 389. The van der Waals surface area contributed by atoms with Gasteiger partial charge in [0.2, 0.25) is 0 Å². The molecule has 1 aromatic carbocycles. The smallest absolute Gasteiger partial charge is 0.0340 e. The van der Waals surface area contributed by atoms with Crippen LogP contribution in [-0.4, -0.2) is 6.54 Å². The fraction of sp³-hybridized carbons (Fsp3) is 0.467. The lowest BCUT2D eigenvalue weighted by Crippen LogP contribution is -2.22. The molecule has 92 valence electrons. The number of rotatable bonds is 6. The summed E-state index contributed by atoms with van der Waals surface area (Å²) in [6.07, 6.45) is 3.16. The molecule has 0 aliphatic carbocycles. The molecule has 0 bridgehead atoms. The SMILES string of the molecule is CC#CCCC(NCCC)c1ccccc1Br. The third kappa shape index (κ3) is 4.93. The maximum atomic E-state index is 3.62. The highest BCUT2D eigenvalue weighted by molar-refractivity contribution is 9.10. The monoisotopic (exact) mass is 293 g/mol. The molecule has 1 rings (SSSR count). The minimum absolute atomic E-state index is 0.395. The Morgan fingerprint density at radius 2 is 2.12 bits per heavy atom. The second-order valence-electron chi connectivity index (χ2n) is 3.99. The van der Waals surface area contributed by atoms with Crippen LogP contribution < -0.4 is 5.32 Å². The van der Waals surface area contributed by atoms with Crippen molar-refractivity contribution in [2.45, 2.75) is 39.2 Å². The summed E-state index contributed by atoms with van der Waals surface area (Å²) >= 11 is 3.62. The Morgan fingerprint density at radius 1 is 1.35 bits per heavy atom. The van der Waals surface area contributed by atoms with Crippen LogP contribution in [0.1, 0.15) is 44.7 Å². The molecule has 1 unspecified atom stereocenters. The van der Waals surface area contributed by atoms with E-state index in [9.17, 15) is 0 Å². The molecule has 0 radical (unpaired) electrons. The number of halogens is 1. The molecule has 0 aliphatic heterocycles. The van der Waals surface area contributed by atoms with Gasteiger partial charge in [0.05, 0.1) is 0 Å². The molecule has 1 aromatic rings. The van der Waals surface area contributed by atoms with Crippen LogP contribution in [0.3, 0.4) is 0 Å². The summed E-state index contributed by atoms with van der Waals surface area (Å²) in [6, 6.07) is 8.81. The van der Waals surface area contributed by atoms with Gasteiger partial charge in [0.15, 0.2) is 0 Å². The zero-order valence-corrected chi connectivity index (χ0v) is 12.2. The maximum absolute atomic E-state index is 3.62. The van der Waals surface area contributed by atoms with Crippen molar-refractivity contribution in [2.24, 2.45) is 0 Å². The van der Waals surface area contributed by atoms with E-state index in [0.29, 0.717) is 6.04 Å². The Morgan fingerprint density at radius 3 is 2.76 bits per heavy atom. The van der Waals surface area contributed by atoms with Crippen molar-refractivity contribution in [1.29, 1.82) is 0 Å². The summed E-state index contributed by atoms with van der Waals surface area (Å²) in [5, 5.41) is 3.59. The molecule has 0 saturated carbocycles. The van der Waals surface area contributed by atoms with Crippen molar-refractivity contribution in [3.8, 4) is 11.8 Å². The molecule has 0 amide bonds. The molecular formula is C15H20BrN. The fourth-order valence-electron chi connectivity index (χ4n) is 1.79. The molecule has 0 fully saturated rings. The summed E-state index contributed by atoms with van der Waals surface area (Å²) in [7, 11) is 0. The summed E-state index contributed by atoms with van der Waals surface area (Å²) in [6.45, 7) is 5.13. The van der Waals surface area contributed by atoms with Crippen molar-refractivity contribution in [1.82, 2.24) is 5.32 Å². The Kier molecular flexibility index (Phi) is 7.00. The molecule has 0 heterocycles. The fourth-order valence-corrected chi connectivity index (χ4v) is 2.35. The van der Waals surface area contributed by atoms with Crippen LogP contribution in [0, 0.1) is 11.8 Å². The van der Waals surface area contributed by atoms with Crippen molar-refractivity contribution in [3.63, 3.8) is 0 Å². The largest absolute Gasteiger partial charge is 0.310 e. The van der Waals surface area contributed by atoms with Crippen molar-refractivity contribution >= 4 is 15.9 Å². The Hall–Kier alpha value is -0.780. The molecule has 1 nitrogen and oxygen atoms in total. The van der Waals surface area contributed by atoms with Gasteiger partial charge in [-0.05, 0) is 37.9 Å². The van der Waals surface area contributed by atoms with Crippen LogP contribution in [0.4, 0.5) is 0 Å². The summed E-state index contributed by atoms with van der Waals surface area (Å²) in [4.78, 5) is 0. The first-order valence-electron chi connectivity index (χ1n) is 6.17. The summed E-state index contributed by atoms with van der Waals surface area (Å²) < 4.78 is 1.18. The predicted octanol–water partition coefficient (Wildman–Crippen LogP) is 4.29. The Labute approximate surface area is 113 Å². The second-order valence-corrected chi connectivity index (χ2v) is 4.85. The third-order valence-corrected chi connectivity index (χ3v) is 3.38. The van der Waals surface area contributed by atoms with E-state index < -0.39 is 0 Å². The molecule has 1 atom stereocenters. The molecule has 0 aliphatic rings. The van der Waals surface area contributed by atoms with Gasteiger partial charge >= 0.3 is 0 Å². The van der Waals surface area contributed by atoms with Gasteiger partial charge in [-0.25, -0.2) is 0 Å². The van der Waals surface area contributed by atoms with Gasteiger partial charge in [0.25, 0.3) is 0 Å². The minimum atomic E-state index is 0.395. The standard InChI is InChI=1S/C15H20BrN/c1-3-5-6-11-15(17-12-4-2)13-9-7-8-10-14(13)16/h7-10,15,17H,4,6,11-12H2,1-2H3. The number of hydrogen-bond donors (Lipinski definition) is 1. The van der Waals surface area contributed by atoms with Gasteiger partial charge in [-0.3, -0.25) is 0 Å². The van der Waals surface area contributed by atoms with E-state index in [0.717, 1.165) is 25.8 Å². The molecule has 1 N–H and O–H groups in total. The van der Waals surface area contributed by atoms with E-state index in [4.69, 9.17) is 0 Å². The first kappa shape index (κ1) is 14.3.